The molecule has 0 saturated carbocycles. The lowest BCUT2D eigenvalue weighted by Crippen LogP contribution is -2.41. The number of carbonyl (C=O) groups is 1. The molecular weight excluding hydrogens is 335 g/mol. The van der Waals surface area contributed by atoms with Gasteiger partial charge in [-0.25, -0.2) is 4.98 Å². The molecule has 136 valence electrons. The van der Waals surface area contributed by atoms with Crippen molar-refractivity contribution < 1.29 is 14.1 Å². The molecule has 1 aliphatic rings. The molecule has 1 aliphatic heterocycles. The number of pyridine rings is 1. The van der Waals surface area contributed by atoms with Gasteiger partial charge in [-0.15, -0.1) is 0 Å². The van der Waals surface area contributed by atoms with Crippen LogP contribution in [0.4, 0.5) is 5.82 Å². The summed E-state index contributed by atoms with van der Waals surface area (Å²) >= 11 is 1.26. The Bertz CT molecular complexity index is 641. The van der Waals surface area contributed by atoms with E-state index in [0.29, 0.717) is 5.75 Å². The fraction of sp³-hybridized carbons (Fsp3) is 0.556. The second-order valence-corrected chi connectivity index (χ2v) is 8.58. The molecular formula is C18H27BN2O3S. The average molecular weight is 362 g/mol. The topological polar surface area (TPSA) is 51.7 Å². The lowest BCUT2D eigenvalue weighted by Gasteiger charge is -2.32. The van der Waals surface area contributed by atoms with E-state index in [-0.39, 0.29) is 5.12 Å². The van der Waals surface area contributed by atoms with Crippen LogP contribution in [0.3, 0.4) is 0 Å². The second-order valence-electron chi connectivity index (χ2n) is 7.43. The zero-order valence-electron chi connectivity index (χ0n) is 16.1. The highest BCUT2D eigenvalue weighted by Crippen LogP contribution is 2.39. The van der Waals surface area contributed by atoms with E-state index in [0.717, 1.165) is 16.9 Å². The van der Waals surface area contributed by atoms with E-state index >= 15 is 0 Å². The predicted octanol–water partition coefficient (Wildman–Crippen LogP) is 3.44. The van der Waals surface area contributed by atoms with Crippen LogP contribution >= 0.6 is 11.8 Å². The van der Waals surface area contributed by atoms with E-state index in [1.807, 2.05) is 71.1 Å². The normalized spacial score (nSPS) is 19.2. The van der Waals surface area contributed by atoms with Crippen LogP contribution < -0.4 is 4.90 Å². The molecule has 0 N–H and O–H groups in total. The molecule has 0 bridgehead atoms. The maximum Gasteiger partial charge on any atom is 0.491 e. The summed E-state index contributed by atoms with van der Waals surface area (Å²) in [5.41, 5.74) is 1.06. The Morgan fingerprint density at radius 3 is 2.28 bits per heavy atom. The molecule has 0 atom stereocenters. The van der Waals surface area contributed by atoms with Crippen LogP contribution in [-0.2, 0) is 14.1 Å². The molecule has 2 heterocycles. The smallest absolute Gasteiger partial charge is 0.400 e. The number of hydrogen-bond acceptors (Lipinski definition) is 6. The molecule has 1 saturated heterocycles. The van der Waals surface area contributed by atoms with Gasteiger partial charge in [-0.1, -0.05) is 17.8 Å². The van der Waals surface area contributed by atoms with Crippen molar-refractivity contribution in [1.29, 1.82) is 0 Å². The van der Waals surface area contributed by atoms with Gasteiger partial charge in [0.2, 0.25) is 0 Å². The van der Waals surface area contributed by atoms with E-state index in [2.05, 4.69) is 4.98 Å². The van der Waals surface area contributed by atoms with Crippen molar-refractivity contribution in [2.45, 2.75) is 45.8 Å². The largest absolute Gasteiger partial charge is 0.491 e. The molecule has 0 amide bonds. The van der Waals surface area contributed by atoms with Crippen molar-refractivity contribution in [3.8, 4) is 0 Å². The van der Waals surface area contributed by atoms with Gasteiger partial charge >= 0.3 is 7.12 Å². The van der Waals surface area contributed by atoms with Crippen LogP contribution in [0.15, 0.2) is 23.8 Å². The summed E-state index contributed by atoms with van der Waals surface area (Å²) in [6.45, 7) is 9.67. The maximum atomic E-state index is 11.4. The molecule has 25 heavy (non-hydrogen) atoms. The quantitative estimate of drug-likeness (QED) is 0.748. The third-order valence-electron chi connectivity index (χ3n) is 4.58. The molecule has 1 aromatic heterocycles. The highest BCUT2D eigenvalue weighted by Gasteiger charge is 2.52. The Morgan fingerprint density at radius 1 is 1.24 bits per heavy atom. The lowest BCUT2D eigenvalue weighted by atomic mass is 9.78. The first kappa shape index (κ1) is 20.0. The first-order valence-corrected chi connectivity index (χ1v) is 9.33. The van der Waals surface area contributed by atoms with Crippen molar-refractivity contribution in [3.63, 3.8) is 0 Å². The standard InChI is InChI=1S/C18H27BN2O3S/c1-13(22)25-12-15(19-23-17(2,3)18(4,5)24-19)10-14-8-9-16(20-11-14)21(6)7/h8-11H,12H2,1-7H3. The van der Waals surface area contributed by atoms with E-state index in [9.17, 15) is 4.79 Å². The maximum absolute atomic E-state index is 11.4. The van der Waals surface area contributed by atoms with Crippen LogP contribution in [-0.4, -0.2) is 48.3 Å². The number of carbonyl (C=O) groups excluding carboxylic acids is 1. The molecule has 7 heteroatoms. The third kappa shape index (κ3) is 4.87. The molecule has 5 nitrogen and oxygen atoms in total. The second kappa shape index (κ2) is 7.52. The van der Waals surface area contributed by atoms with Crippen molar-refractivity contribution in [2.24, 2.45) is 0 Å². The van der Waals surface area contributed by atoms with Crippen LogP contribution in [0, 0.1) is 0 Å². The van der Waals surface area contributed by atoms with E-state index in [1.54, 1.807) is 6.92 Å². The summed E-state index contributed by atoms with van der Waals surface area (Å²) in [4.78, 5) is 17.8. The van der Waals surface area contributed by atoms with E-state index in [4.69, 9.17) is 9.31 Å². The van der Waals surface area contributed by atoms with Crippen LogP contribution in [0.2, 0.25) is 0 Å². The average Bonchev–Trinajstić information content (AvgIpc) is 2.72. The first-order chi connectivity index (χ1) is 11.5. The summed E-state index contributed by atoms with van der Waals surface area (Å²) < 4.78 is 12.3. The SMILES string of the molecule is CC(=O)SCC(=Cc1ccc(N(C)C)nc1)B1OC(C)(C)C(C)(C)O1. The van der Waals surface area contributed by atoms with Crippen LogP contribution in [0.5, 0.6) is 0 Å². The van der Waals surface area contributed by atoms with Gasteiger partial charge in [0, 0.05) is 33.0 Å². The highest BCUT2D eigenvalue weighted by molar-refractivity contribution is 8.13. The summed E-state index contributed by atoms with van der Waals surface area (Å²) in [5, 5.41) is 0.0727. The summed E-state index contributed by atoms with van der Waals surface area (Å²) in [7, 11) is 3.44. The monoisotopic (exact) mass is 362 g/mol. The number of hydrogen-bond donors (Lipinski definition) is 0. The molecule has 0 spiro atoms. The van der Waals surface area contributed by atoms with Gasteiger partial charge in [0.1, 0.15) is 5.82 Å². The molecule has 0 aromatic carbocycles. The number of nitrogens with zero attached hydrogens (tertiary/aromatic N) is 2. The third-order valence-corrected chi connectivity index (χ3v) is 5.46. The van der Waals surface area contributed by atoms with Crippen molar-refractivity contribution in [1.82, 2.24) is 4.98 Å². The molecule has 1 fully saturated rings. The molecule has 0 radical (unpaired) electrons. The zero-order valence-corrected chi connectivity index (χ0v) is 16.9. The van der Waals surface area contributed by atoms with Gasteiger partial charge in [-0.2, -0.15) is 0 Å². The van der Waals surface area contributed by atoms with Gasteiger partial charge in [0.05, 0.1) is 11.2 Å². The molecule has 0 unspecified atom stereocenters. The van der Waals surface area contributed by atoms with Crippen molar-refractivity contribution in [2.75, 3.05) is 24.7 Å². The Hall–Kier alpha value is -1.31. The predicted molar refractivity (Wildman–Crippen MR) is 106 cm³/mol. The Balaban J connectivity index is 2.28. The van der Waals surface area contributed by atoms with Gasteiger partial charge < -0.3 is 14.2 Å². The van der Waals surface area contributed by atoms with Gasteiger partial charge in [0.15, 0.2) is 5.12 Å². The van der Waals surface area contributed by atoms with Gasteiger partial charge in [0.25, 0.3) is 0 Å². The molecule has 1 aromatic rings. The van der Waals surface area contributed by atoms with E-state index in [1.165, 1.54) is 11.8 Å². The molecule has 0 aliphatic carbocycles. The highest BCUT2D eigenvalue weighted by atomic mass is 32.2. The van der Waals surface area contributed by atoms with E-state index < -0.39 is 18.3 Å². The van der Waals surface area contributed by atoms with Crippen LogP contribution in [0.25, 0.3) is 6.08 Å². The Labute approximate surface area is 155 Å². The number of rotatable bonds is 5. The lowest BCUT2D eigenvalue weighted by molar-refractivity contribution is -0.109. The summed E-state index contributed by atoms with van der Waals surface area (Å²) in [5.74, 6) is 1.43. The zero-order chi connectivity index (χ0) is 18.8. The molecule has 2 rings (SSSR count). The van der Waals surface area contributed by atoms with Crippen LogP contribution in [0.1, 0.15) is 40.2 Å². The number of aromatic nitrogens is 1. The summed E-state index contributed by atoms with van der Waals surface area (Å²) in [6, 6.07) is 3.97. The fourth-order valence-electron chi connectivity index (χ4n) is 2.32. The number of thioether (sulfide) groups is 1. The fourth-order valence-corrected chi connectivity index (χ4v) is 2.91. The minimum absolute atomic E-state index is 0.0727. The van der Waals surface area contributed by atoms with Crippen molar-refractivity contribution >= 4 is 35.9 Å². The van der Waals surface area contributed by atoms with Gasteiger partial charge in [-0.3, -0.25) is 4.79 Å². The minimum Gasteiger partial charge on any atom is -0.400 e. The van der Waals surface area contributed by atoms with Gasteiger partial charge in [-0.05, 0) is 50.9 Å². The summed E-state index contributed by atoms with van der Waals surface area (Å²) in [6.07, 6.45) is 3.82. The minimum atomic E-state index is -0.467. The Morgan fingerprint density at radius 2 is 1.84 bits per heavy atom. The van der Waals surface area contributed by atoms with Crippen molar-refractivity contribution in [3.05, 3.63) is 29.4 Å². The first-order valence-electron chi connectivity index (χ1n) is 8.35. The number of anilines is 1. The Kier molecular flexibility index (Phi) is 6.02.